The summed E-state index contributed by atoms with van der Waals surface area (Å²) in [5.41, 5.74) is 54.8. The number of benzene rings is 3. The number of rotatable bonds is 39. The van der Waals surface area contributed by atoms with Crippen molar-refractivity contribution in [3.05, 3.63) is 95.1 Å². The fraction of sp³-hybridized carbons (Fsp3) is 0.538. The van der Waals surface area contributed by atoms with E-state index in [1.807, 2.05) is 30.3 Å². The third kappa shape index (κ3) is 28.5. The number of likely N-dealkylation sites (tertiary alicyclic amines) is 2. The van der Waals surface area contributed by atoms with Gasteiger partial charge in [0.2, 0.25) is 29.5 Å². The van der Waals surface area contributed by atoms with Crippen molar-refractivity contribution >= 4 is 70.4 Å². The summed E-state index contributed by atoms with van der Waals surface area (Å²) in [5.74, 6) is -3.67. The van der Waals surface area contributed by atoms with Crippen molar-refractivity contribution in [2.24, 2.45) is 71.6 Å². The molecule has 0 unspecified atom stereocenters. The van der Waals surface area contributed by atoms with Gasteiger partial charge in [0.1, 0.15) is 48.9 Å². The molecule has 28 nitrogen and oxygen atoms in total. The van der Waals surface area contributed by atoms with Crippen molar-refractivity contribution in [1.82, 2.24) is 36.4 Å². The van der Waals surface area contributed by atoms with Gasteiger partial charge in [0.05, 0.1) is 6.54 Å². The number of nitrogens with two attached hydrogens (primary N) is 9. The lowest BCUT2D eigenvalue weighted by Crippen LogP contribution is -2.58. The molecule has 93 heavy (non-hydrogen) atoms. The van der Waals surface area contributed by atoms with Crippen LogP contribution >= 0.6 is 0 Å². The van der Waals surface area contributed by atoms with Crippen LogP contribution < -0.4 is 87.7 Å². The Balaban J connectivity index is 1.35. The smallest absolute Gasteiger partial charge is 0.251 e. The number of aliphatic imine (C=N–C) groups is 4. The second-order valence-electron chi connectivity index (χ2n) is 23.2. The van der Waals surface area contributed by atoms with Crippen LogP contribution in [0.2, 0.25) is 0 Å². The zero-order chi connectivity index (χ0) is 67.3. The minimum absolute atomic E-state index is 0.0162. The maximum absolute atomic E-state index is 14.4. The highest BCUT2D eigenvalue weighted by Gasteiger charge is 2.31. The van der Waals surface area contributed by atoms with E-state index in [1.165, 1.54) is 51.4 Å². The topological polar surface area (TPSA) is 471 Å². The SMILES string of the molecule is CCC(=C(c1ccc(OCCN2CCCCCC2)cc1)c1ccc(OCCN2CCCCCC2)cc1)c1cccc(C(=O)NCC(=O)N[C@@H](CCCN=C(N)N)C(=O)N[C@@H](CCCN=C(N)N)C(=O)N[C@@H](CCCN=C(N)N)C(=O)N[C@@H](CCCN=C(N)N)C(N)=O)c1. The molecule has 510 valence electrons. The first kappa shape index (κ1) is 74.5. The van der Waals surface area contributed by atoms with E-state index in [4.69, 9.17) is 61.1 Å². The molecule has 6 amide bonds. The normalized spacial score (nSPS) is 14.7. The van der Waals surface area contributed by atoms with Gasteiger partial charge >= 0.3 is 0 Å². The Morgan fingerprint density at radius 2 is 0.828 bits per heavy atom. The van der Waals surface area contributed by atoms with Crippen molar-refractivity contribution in [1.29, 1.82) is 0 Å². The number of hydrogen-bond acceptors (Lipinski definition) is 14. The Labute approximate surface area is 546 Å². The summed E-state index contributed by atoms with van der Waals surface area (Å²) in [6.07, 6.45) is 11.3. The predicted octanol–water partition coefficient (Wildman–Crippen LogP) is 0.934. The highest BCUT2D eigenvalue weighted by atomic mass is 16.5. The van der Waals surface area contributed by atoms with Crippen molar-refractivity contribution in [3.63, 3.8) is 0 Å². The number of carbonyl (C=O) groups is 6. The van der Waals surface area contributed by atoms with E-state index in [0.29, 0.717) is 19.6 Å². The second kappa shape index (κ2) is 41.3. The largest absolute Gasteiger partial charge is 0.492 e. The molecule has 3 aromatic rings. The second-order valence-corrected chi connectivity index (χ2v) is 23.2. The molecular weight excluding hydrogens is 1190 g/mol. The Kier molecular flexibility index (Phi) is 33.1. The molecule has 23 N–H and O–H groups in total. The van der Waals surface area contributed by atoms with Gasteiger partial charge in [-0.25, -0.2) is 0 Å². The van der Waals surface area contributed by atoms with Crippen LogP contribution in [0.15, 0.2) is 92.8 Å². The maximum Gasteiger partial charge on any atom is 0.251 e. The maximum atomic E-state index is 14.4. The number of guanidine groups is 4. The summed E-state index contributed by atoms with van der Waals surface area (Å²) >= 11 is 0. The monoisotopic (exact) mass is 1290 g/mol. The minimum Gasteiger partial charge on any atom is -0.492 e. The fourth-order valence-electron chi connectivity index (χ4n) is 11.1. The first-order valence-electron chi connectivity index (χ1n) is 32.5. The van der Waals surface area contributed by atoms with Gasteiger partial charge < -0.3 is 87.7 Å². The average Bonchev–Trinajstić information content (AvgIpc) is 1.05. The van der Waals surface area contributed by atoms with E-state index in [9.17, 15) is 28.8 Å². The molecule has 0 spiro atoms. The van der Waals surface area contributed by atoms with Crippen molar-refractivity contribution < 1.29 is 38.2 Å². The Morgan fingerprint density at radius 3 is 1.20 bits per heavy atom. The van der Waals surface area contributed by atoms with Gasteiger partial charge in [0.25, 0.3) is 5.91 Å². The van der Waals surface area contributed by atoms with E-state index in [-0.39, 0.29) is 107 Å². The van der Waals surface area contributed by atoms with Crippen LogP contribution in [-0.2, 0) is 24.0 Å². The average molecular weight is 1290 g/mol. The summed E-state index contributed by atoms with van der Waals surface area (Å²) < 4.78 is 12.6. The van der Waals surface area contributed by atoms with Crippen LogP contribution in [0, 0.1) is 0 Å². The number of hydrogen-bond donors (Lipinski definition) is 14. The third-order valence-corrected chi connectivity index (χ3v) is 15.9. The van der Waals surface area contributed by atoms with E-state index in [0.717, 1.165) is 78.6 Å². The molecule has 2 aliphatic heterocycles. The number of allylic oxidation sites excluding steroid dienone is 1. The first-order chi connectivity index (χ1) is 44.8. The van der Waals surface area contributed by atoms with Crippen LogP contribution in [0.25, 0.3) is 11.1 Å². The van der Waals surface area contributed by atoms with Crippen molar-refractivity contribution in [2.75, 3.05) is 85.2 Å². The van der Waals surface area contributed by atoms with Gasteiger partial charge in [-0.2, -0.15) is 0 Å². The molecular formula is C65H102N20O8. The van der Waals surface area contributed by atoms with Gasteiger partial charge in [-0.3, -0.25) is 58.5 Å². The quantitative estimate of drug-likeness (QED) is 0.0163. The number of amides is 6. The van der Waals surface area contributed by atoms with Gasteiger partial charge in [-0.15, -0.1) is 0 Å². The van der Waals surface area contributed by atoms with Crippen molar-refractivity contribution in [3.8, 4) is 11.5 Å². The lowest BCUT2D eigenvalue weighted by Gasteiger charge is -2.26. The molecule has 2 aliphatic rings. The lowest BCUT2D eigenvalue weighted by molar-refractivity contribution is -0.134. The Morgan fingerprint density at radius 1 is 0.462 bits per heavy atom. The molecule has 28 heteroatoms. The van der Waals surface area contributed by atoms with E-state index in [1.54, 1.807) is 18.2 Å². The van der Waals surface area contributed by atoms with Crippen molar-refractivity contribution in [2.45, 2.75) is 140 Å². The molecule has 0 saturated carbocycles. The standard InChI is InChI=1S/C65H102N20O8/c1-2-50(56(44-22-26-48(27-23-44)92-40-38-84-34-7-3-4-8-35-84)45-24-28-49(29-25-45)93-41-39-85-36-9-5-6-10-37-85)46-16-11-17-47(42-46)58(88)79-43-55(86)80-52(19-13-31-76-63(69)70)59(89)82-54(21-15-33-78-65(73)74)61(91)83-53(20-14-32-77-64(71)72)60(90)81-51(57(66)87)18-12-30-75-62(67)68/h11,16-17,22-29,42,51-54H,2-10,12-15,18-21,30-41,43H2,1H3,(H2,66,87)(H,79,88)(H,80,86)(H,81,90)(H,82,89)(H,83,91)(H4,67,68,75)(H4,69,70,76)(H4,71,72,77)(H4,73,74,78)/t51-,52-,53-,54-/m0/s1. The summed E-state index contributed by atoms with van der Waals surface area (Å²) in [4.78, 5) is 104. The molecule has 3 aromatic carbocycles. The number of nitrogens with zero attached hydrogens (tertiary/aromatic N) is 6. The Bertz CT molecular complexity index is 2910. The zero-order valence-electron chi connectivity index (χ0n) is 54.1. The summed E-state index contributed by atoms with van der Waals surface area (Å²) in [7, 11) is 0. The molecule has 0 radical (unpaired) electrons. The van der Waals surface area contributed by atoms with Gasteiger partial charge in [0, 0.05) is 44.8 Å². The number of nitrogens with one attached hydrogen (secondary N) is 5. The first-order valence-corrected chi connectivity index (χ1v) is 32.5. The van der Waals surface area contributed by atoms with Crippen LogP contribution in [0.3, 0.4) is 0 Å². The molecule has 2 heterocycles. The molecule has 2 saturated heterocycles. The molecule has 0 aromatic heterocycles. The molecule has 0 bridgehead atoms. The fourth-order valence-corrected chi connectivity index (χ4v) is 11.1. The molecule has 0 aliphatic carbocycles. The van der Waals surface area contributed by atoms with E-state index in [2.05, 4.69) is 87.5 Å². The van der Waals surface area contributed by atoms with Crippen LogP contribution in [0.4, 0.5) is 0 Å². The van der Waals surface area contributed by atoms with E-state index < -0.39 is 66.2 Å². The zero-order valence-corrected chi connectivity index (χ0v) is 54.1. The summed E-state index contributed by atoms with van der Waals surface area (Å²) in [6.45, 7) is 9.20. The van der Waals surface area contributed by atoms with Gasteiger partial charge in [-0.1, -0.05) is 69.0 Å². The summed E-state index contributed by atoms with van der Waals surface area (Å²) in [6, 6.07) is 18.3. The lowest BCUT2D eigenvalue weighted by atomic mass is 9.87. The molecule has 2 fully saturated rings. The van der Waals surface area contributed by atoms with Crippen LogP contribution in [-0.4, -0.2) is 178 Å². The predicted molar refractivity (Wildman–Crippen MR) is 365 cm³/mol. The number of primary amides is 1. The van der Waals surface area contributed by atoms with Gasteiger partial charge in [0.15, 0.2) is 23.8 Å². The van der Waals surface area contributed by atoms with Gasteiger partial charge in [-0.05, 0) is 174 Å². The highest BCUT2D eigenvalue weighted by molar-refractivity contribution is 6.02. The molecule has 4 atom stereocenters. The molecule has 5 rings (SSSR count). The number of ether oxygens (including phenoxy) is 2. The van der Waals surface area contributed by atoms with Crippen LogP contribution in [0.5, 0.6) is 11.5 Å². The third-order valence-electron chi connectivity index (χ3n) is 15.9. The number of carbonyl (C=O) groups excluding carboxylic acids is 6. The summed E-state index contributed by atoms with van der Waals surface area (Å²) in [5, 5.41) is 13.4. The highest BCUT2D eigenvalue weighted by Crippen LogP contribution is 2.36. The minimum atomic E-state index is -1.34. The van der Waals surface area contributed by atoms with Crippen LogP contribution in [0.1, 0.15) is 143 Å². The Hall–Kier alpha value is -9.18. The van der Waals surface area contributed by atoms with E-state index >= 15 is 0 Å².